The molecule has 0 fully saturated rings. The predicted molar refractivity (Wildman–Crippen MR) is 132 cm³/mol. The van der Waals surface area contributed by atoms with Crippen LogP contribution in [0.2, 0.25) is 0 Å². The van der Waals surface area contributed by atoms with Gasteiger partial charge >= 0.3 is 0 Å². The van der Waals surface area contributed by atoms with Gasteiger partial charge in [-0.15, -0.1) is 0 Å². The van der Waals surface area contributed by atoms with Gasteiger partial charge < -0.3 is 5.73 Å². The molecule has 0 aliphatic rings. The molecule has 168 valence electrons. The van der Waals surface area contributed by atoms with Gasteiger partial charge in [-0.25, -0.2) is 0 Å². The Morgan fingerprint density at radius 3 is 1.55 bits per heavy atom. The molecular formula is C28H51N. The standard InChI is InChI=1S/C28H51N/c1-4-7-10-13-16-21-26-22-17-18-23-27(26)28(29,24-19-14-11-8-5-2)25-20-15-12-9-6-3/h17-18,22-23H,4-16,19-21,24-25,29H2,1-3H3. The number of benzene rings is 1. The van der Waals surface area contributed by atoms with Crippen LogP contribution in [0.4, 0.5) is 0 Å². The third-order valence-electron chi connectivity index (χ3n) is 6.56. The normalized spacial score (nSPS) is 11.9. The zero-order chi connectivity index (χ0) is 21.2. The van der Waals surface area contributed by atoms with Crippen LogP contribution in [0, 0.1) is 0 Å². The third-order valence-corrected chi connectivity index (χ3v) is 6.56. The molecule has 0 saturated carbocycles. The van der Waals surface area contributed by atoms with Crippen LogP contribution in [-0.2, 0) is 12.0 Å². The Kier molecular flexibility index (Phi) is 15.3. The largest absolute Gasteiger partial charge is 0.321 e. The maximum Gasteiger partial charge on any atom is 0.0412 e. The average molecular weight is 402 g/mol. The Hall–Kier alpha value is -0.820. The second-order valence-electron chi connectivity index (χ2n) is 9.31. The number of aryl methyl sites for hydroxylation is 1. The van der Waals surface area contributed by atoms with E-state index in [0.717, 1.165) is 12.8 Å². The SMILES string of the molecule is CCCCCCCc1ccccc1C(N)(CCCCCCC)CCCCCCC. The van der Waals surface area contributed by atoms with Gasteiger partial charge in [0.2, 0.25) is 0 Å². The van der Waals surface area contributed by atoms with Crippen molar-refractivity contribution in [2.45, 2.75) is 142 Å². The smallest absolute Gasteiger partial charge is 0.0412 e. The van der Waals surface area contributed by atoms with E-state index < -0.39 is 0 Å². The highest BCUT2D eigenvalue weighted by molar-refractivity contribution is 5.33. The molecule has 1 aromatic rings. The number of rotatable bonds is 19. The summed E-state index contributed by atoms with van der Waals surface area (Å²) in [5.41, 5.74) is 10.1. The molecule has 29 heavy (non-hydrogen) atoms. The lowest BCUT2D eigenvalue weighted by atomic mass is 9.78. The summed E-state index contributed by atoms with van der Waals surface area (Å²) in [5.74, 6) is 0. The summed E-state index contributed by atoms with van der Waals surface area (Å²) >= 11 is 0. The lowest BCUT2D eigenvalue weighted by Crippen LogP contribution is -2.37. The molecule has 0 aliphatic carbocycles. The zero-order valence-electron chi connectivity index (χ0n) is 20.1. The van der Waals surface area contributed by atoms with E-state index in [1.807, 2.05) is 0 Å². The van der Waals surface area contributed by atoms with Crippen molar-refractivity contribution in [3.8, 4) is 0 Å². The molecule has 1 nitrogen and oxygen atoms in total. The number of hydrogen-bond donors (Lipinski definition) is 1. The second kappa shape index (κ2) is 16.9. The first-order valence-corrected chi connectivity index (χ1v) is 13.0. The Bertz CT molecular complexity index is 479. The molecule has 0 aromatic heterocycles. The molecule has 0 bridgehead atoms. The molecule has 1 aromatic carbocycles. The van der Waals surface area contributed by atoms with Gasteiger partial charge in [0, 0.05) is 5.54 Å². The third kappa shape index (κ3) is 11.2. The summed E-state index contributed by atoms with van der Waals surface area (Å²) < 4.78 is 0. The first-order chi connectivity index (χ1) is 14.2. The number of hydrogen-bond acceptors (Lipinski definition) is 1. The molecule has 0 aliphatic heterocycles. The molecule has 0 atom stereocenters. The molecule has 0 unspecified atom stereocenters. The lowest BCUT2D eigenvalue weighted by molar-refractivity contribution is 0.341. The van der Waals surface area contributed by atoms with E-state index in [0.29, 0.717) is 0 Å². The van der Waals surface area contributed by atoms with Crippen LogP contribution in [0.15, 0.2) is 24.3 Å². The van der Waals surface area contributed by atoms with Gasteiger partial charge in [0.15, 0.2) is 0 Å². The highest BCUT2D eigenvalue weighted by Gasteiger charge is 2.28. The van der Waals surface area contributed by atoms with Gasteiger partial charge in [0.25, 0.3) is 0 Å². The lowest BCUT2D eigenvalue weighted by Gasteiger charge is -2.33. The molecule has 2 N–H and O–H groups in total. The van der Waals surface area contributed by atoms with Gasteiger partial charge in [0.05, 0.1) is 0 Å². The van der Waals surface area contributed by atoms with E-state index in [9.17, 15) is 0 Å². The minimum Gasteiger partial charge on any atom is -0.321 e. The Morgan fingerprint density at radius 1 is 0.586 bits per heavy atom. The van der Waals surface area contributed by atoms with Crippen LogP contribution >= 0.6 is 0 Å². The minimum atomic E-state index is -0.127. The maximum absolute atomic E-state index is 7.20. The van der Waals surface area contributed by atoms with Crippen LogP contribution < -0.4 is 5.73 Å². The summed E-state index contributed by atoms with van der Waals surface area (Å²) in [5, 5.41) is 0. The predicted octanol–water partition coefficient (Wildman–Crippen LogP) is 9.07. The Morgan fingerprint density at radius 2 is 1.03 bits per heavy atom. The van der Waals surface area contributed by atoms with Gasteiger partial charge in [-0.1, -0.05) is 135 Å². The van der Waals surface area contributed by atoms with Gasteiger partial charge in [-0.3, -0.25) is 0 Å². The highest BCUT2D eigenvalue weighted by atomic mass is 14.7. The van der Waals surface area contributed by atoms with Gasteiger partial charge in [-0.2, -0.15) is 0 Å². The first kappa shape index (κ1) is 26.2. The summed E-state index contributed by atoms with van der Waals surface area (Å²) in [6.07, 6.45) is 23.5. The first-order valence-electron chi connectivity index (χ1n) is 13.0. The van der Waals surface area contributed by atoms with Crippen molar-refractivity contribution in [1.29, 1.82) is 0 Å². The Balaban J connectivity index is 2.75. The maximum atomic E-state index is 7.20. The van der Waals surface area contributed by atoms with Crippen LogP contribution in [0.5, 0.6) is 0 Å². The van der Waals surface area contributed by atoms with Gasteiger partial charge in [-0.05, 0) is 36.8 Å². The molecule has 0 heterocycles. The monoisotopic (exact) mass is 401 g/mol. The van der Waals surface area contributed by atoms with Crippen LogP contribution in [0.1, 0.15) is 141 Å². The quantitative estimate of drug-likeness (QED) is 0.230. The molecule has 1 rings (SSSR count). The van der Waals surface area contributed by atoms with E-state index in [-0.39, 0.29) is 5.54 Å². The topological polar surface area (TPSA) is 26.0 Å². The van der Waals surface area contributed by atoms with E-state index in [2.05, 4.69) is 45.0 Å². The summed E-state index contributed by atoms with van der Waals surface area (Å²) in [6.45, 7) is 6.87. The van der Waals surface area contributed by atoms with E-state index in [1.165, 1.54) is 114 Å². The second-order valence-corrected chi connectivity index (χ2v) is 9.31. The molecule has 0 radical (unpaired) electrons. The summed E-state index contributed by atoms with van der Waals surface area (Å²) in [4.78, 5) is 0. The molecule has 0 saturated heterocycles. The highest BCUT2D eigenvalue weighted by Crippen LogP contribution is 2.34. The van der Waals surface area contributed by atoms with Crippen molar-refractivity contribution < 1.29 is 0 Å². The van der Waals surface area contributed by atoms with Crippen molar-refractivity contribution in [2.24, 2.45) is 5.73 Å². The number of unbranched alkanes of at least 4 members (excludes halogenated alkanes) is 12. The van der Waals surface area contributed by atoms with Crippen molar-refractivity contribution in [3.05, 3.63) is 35.4 Å². The summed E-state index contributed by atoms with van der Waals surface area (Å²) in [7, 11) is 0. The van der Waals surface area contributed by atoms with Crippen molar-refractivity contribution in [3.63, 3.8) is 0 Å². The van der Waals surface area contributed by atoms with E-state index in [4.69, 9.17) is 5.73 Å². The Labute approximate surface area is 183 Å². The summed E-state index contributed by atoms with van der Waals surface area (Å²) in [6, 6.07) is 9.13. The fourth-order valence-electron chi connectivity index (χ4n) is 4.63. The minimum absolute atomic E-state index is 0.127. The molecule has 0 amide bonds. The van der Waals surface area contributed by atoms with Gasteiger partial charge in [0.1, 0.15) is 0 Å². The van der Waals surface area contributed by atoms with Crippen LogP contribution in [-0.4, -0.2) is 0 Å². The van der Waals surface area contributed by atoms with Crippen LogP contribution in [0.25, 0.3) is 0 Å². The van der Waals surface area contributed by atoms with E-state index >= 15 is 0 Å². The van der Waals surface area contributed by atoms with E-state index in [1.54, 1.807) is 0 Å². The number of nitrogens with two attached hydrogens (primary N) is 1. The average Bonchev–Trinajstić information content (AvgIpc) is 2.73. The molecule has 0 spiro atoms. The van der Waals surface area contributed by atoms with Crippen molar-refractivity contribution in [2.75, 3.05) is 0 Å². The van der Waals surface area contributed by atoms with Crippen molar-refractivity contribution in [1.82, 2.24) is 0 Å². The molecule has 1 heteroatoms. The van der Waals surface area contributed by atoms with Crippen LogP contribution in [0.3, 0.4) is 0 Å². The molecular weight excluding hydrogens is 350 g/mol. The fourth-order valence-corrected chi connectivity index (χ4v) is 4.63. The fraction of sp³-hybridized carbons (Fsp3) is 0.786. The van der Waals surface area contributed by atoms with Crippen molar-refractivity contribution >= 4 is 0 Å². The zero-order valence-corrected chi connectivity index (χ0v) is 20.1.